The van der Waals surface area contributed by atoms with Crippen molar-refractivity contribution in [3.63, 3.8) is 0 Å². The van der Waals surface area contributed by atoms with Crippen LogP contribution in [-0.2, 0) is 0 Å². The van der Waals surface area contributed by atoms with Gasteiger partial charge in [-0.25, -0.2) is 4.98 Å². The van der Waals surface area contributed by atoms with Crippen molar-refractivity contribution in [2.24, 2.45) is 0 Å². The van der Waals surface area contributed by atoms with E-state index in [2.05, 4.69) is 41.5 Å². The fourth-order valence-corrected chi connectivity index (χ4v) is 2.93. The van der Waals surface area contributed by atoms with Gasteiger partial charge in [-0.05, 0) is 48.9 Å². The molecule has 0 aliphatic heterocycles. The summed E-state index contributed by atoms with van der Waals surface area (Å²) >= 11 is 7.57. The fraction of sp³-hybridized carbons (Fsp3) is 0.118. The summed E-state index contributed by atoms with van der Waals surface area (Å²) in [6, 6.07) is 16.5. The van der Waals surface area contributed by atoms with Crippen molar-refractivity contribution in [3.05, 3.63) is 70.7 Å². The Kier molecular flexibility index (Phi) is 4.23. The van der Waals surface area contributed by atoms with Gasteiger partial charge in [-0.1, -0.05) is 23.7 Å². The van der Waals surface area contributed by atoms with Gasteiger partial charge < -0.3 is 5.32 Å². The van der Waals surface area contributed by atoms with E-state index in [1.807, 2.05) is 35.8 Å². The van der Waals surface area contributed by atoms with E-state index in [-0.39, 0.29) is 6.04 Å². The highest BCUT2D eigenvalue weighted by Gasteiger charge is 2.06. The quantitative estimate of drug-likeness (QED) is 0.674. The van der Waals surface area contributed by atoms with E-state index >= 15 is 0 Å². The molecule has 3 aromatic rings. The molecule has 21 heavy (non-hydrogen) atoms. The molecule has 1 N–H and O–H groups in total. The number of halogens is 1. The van der Waals surface area contributed by atoms with Gasteiger partial charge >= 0.3 is 0 Å². The van der Waals surface area contributed by atoms with Crippen LogP contribution in [0.25, 0.3) is 10.6 Å². The highest BCUT2D eigenvalue weighted by Crippen LogP contribution is 2.25. The minimum absolute atomic E-state index is 0.230. The molecule has 0 spiro atoms. The highest BCUT2D eigenvalue weighted by molar-refractivity contribution is 7.13. The Morgan fingerprint density at radius 1 is 1.05 bits per heavy atom. The molecule has 1 heterocycles. The molecular formula is C17H15ClN2S. The van der Waals surface area contributed by atoms with Crippen molar-refractivity contribution in [2.45, 2.75) is 13.0 Å². The largest absolute Gasteiger partial charge is 0.379 e. The van der Waals surface area contributed by atoms with Crippen molar-refractivity contribution in [2.75, 3.05) is 5.32 Å². The summed E-state index contributed by atoms with van der Waals surface area (Å²) in [5.41, 5.74) is 3.45. The van der Waals surface area contributed by atoms with E-state index < -0.39 is 0 Å². The van der Waals surface area contributed by atoms with Crippen LogP contribution in [0, 0.1) is 0 Å². The summed E-state index contributed by atoms with van der Waals surface area (Å²) in [7, 11) is 0. The molecule has 4 heteroatoms. The third kappa shape index (κ3) is 3.43. The van der Waals surface area contributed by atoms with Crippen molar-refractivity contribution >= 4 is 28.6 Å². The van der Waals surface area contributed by atoms with Crippen LogP contribution < -0.4 is 5.32 Å². The molecule has 1 unspecified atom stereocenters. The molecule has 2 nitrogen and oxygen atoms in total. The average molecular weight is 315 g/mol. The van der Waals surface area contributed by atoms with E-state index in [0.717, 1.165) is 21.3 Å². The number of aromatic nitrogens is 1. The van der Waals surface area contributed by atoms with Crippen LogP contribution >= 0.6 is 22.9 Å². The van der Waals surface area contributed by atoms with Crippen molar-refractivity contribution in [1.29, 1.82) is 0 Å². The first-order valence-electron chi connectivity index (χ1n) is 6.74. The second-order valence-corrected chi connectivity index (χ2v) is 6.16. The number of nitrogens with one attached hydrogen (secondary N) is 1. The van der Waals surface area contributed by atoms with Crippen LogP contribution in [0.5, 0.6) is 0 Å². The number of benzene rings is 2. The Morgan fingerprint density at radius 2 is 1.76 bits per heavy atom. The predicted molar refractivity (Wildman–Crippen MR) is 91.0 cm³/mol. The third-order valence-corrected chi connectivity index (χ3v) is 4.39. The lowest BCUT2D eigenvalue weighted by molar-refractivity contribution is 0.885. The molecule has 1 atom stereocenters. The SMILES string of the molecule is CC(Nc1ccc(-c2nccs2)cc1)c1ccc(Cl)cc1. The zero-order valence-electron chi connectivity index (χ0n) is 11.6. The predicted octanol–water partition coefficient (Wildman–Crippen LogP) is 5.64. The maximum atomic E-state index is 5.92. The minimum atomic E-state index is 0.230. The van der Waals surface area contributed by atoms with Crippen LogP contribution in [0.3, 0.4) is 0 Å². The number of hydrogen-bond acceptors (Lipinski definition) is 3. The smallest absolute Gasteiger partial charge is 0.123 e. The lowest BCUT2D eigenvalue weighted by atomic mass is 10.1. The van der Waals surface area contributed by atoms with Crippen molar-refractivity contribution in [1.82, 2.24) is 4.98 Å². The molecule has 3 rings (SSSR count). The van der Waals surface area contributed by atoms with Gasteiger partial charge in [0.25, 0.3) is 0 Å². The zero-order valence-corrected chi connectivity index (χ0v) is 13.2. The van der Waals surface area contributed by atoms with E-state index in [1.54, 1.807) is 11.3 Å². The first-order valence-corrected chi connectivity index (χ1v) is 8.00. The van der Waals surface area contributed by atoms with Crippen LogP contribution in [0.1, 0.15) is 18.5 Å². The van der Waals surface area contributed by atoms with E-state index in [4.69, 9.17) is 11.6 Å². The van der Waals surface area contributed by atoms with Gasteiger partial charge in [-0.3, -0.25) is 0 Å². The number of rotatable bonds is 4. The molecular weight excluding hydrogens is 300 g/mol. The Labute approximate surface area is 133 Å². The van der Waals surface area contributed by atoms with Gasteiger partial charge in [0.2, 0.25) is 0 Å². The normalized spacial score (nSPS) is 12.1. The van der Waals surface area contributed by atoms with Gasteiger partial charge in [0.1, 0.15) is 5.01 Å². The van der Waals surface area contributed by atoms with Crippen molar-refractivity contribution < 1.29 is 0 Å². The summed E-state index contributed by atoms with van der Waals surface area (Å²) in [4.78, 5) is 4.32. The molecule has 1 aromatic heterocycles. The molecule has 0 fully saturated rings. The maximum absolute atomic E-state index is 5.92. The number of anilines is 1. The summed E-state index contributed by atoms with van der Waals surface area (Å²) < 4.78 is 0. The standard InChI is InChI=1S/C17H15ClN2S/c1-12(13-2-6-15(18)7-3-13)20-16-8-4-14(5-9-16)17-19-10-11-21-17/h2-12,20H,1H3. The minimum Gasteiger partial charge on any atom is -0.379 e. The second-order valence-electron chi connectivity index (χ2n) is 4.83. The molecule has 0 radical (unpaired) electrons. The van der Waals surface area contributed by atoms with E-state index in [9.17, 15) is 0 Å². The highest BCUT2D eigenvalue weighted by atomic mass is 35.5. The van der Waals surface area contributed by atoms with Gasteiger partial charge in [0, 0.05) is 33.9 Å². The van der Waals surface area contributed by atoms with Gasteiger partial charge in [0.05, 0.1) is 0 Å². The Morgan fingerprint density at radius 3 is 2.38 bits per heavy atom. The van der Waals surface area contributed by atoms with Crippen LogP contribution in [0.2, 0.25) is 5.02 Å². The summed E-state index contributed by atoms with van der Waals surface area (Å²) in [6.07, 6.45) is 1.83. The molecule has 0 saturated heterocycles. The van der Waals surface area contributed by atoms with Gasteiger partial charge in [-0.15, -0.1) is 11.3 Å². The first-order chi connectivity index (χ1) is 10.2. The van der Waals surface area contributed by atoms with Crippen LogP contribution in [-0.4, -0.2) is 4.98 Å². The summed E-state index contributed by atoms with van der Waals surface area (Å²) in [5.74, 6) is 0. The van der Waals surface area contributed by atoms with Crippen molar-refractivity contribution in [3.8, 4) is 10.6 Å². The molecule has 0 bridgehead atoms. The zero-order chi connectivity index (χ0) is 14.7. The molecule has 0 saturated carbocycles. The number of thiazole rings is 1. The summed E-state index contributed by atoms with van der Waals surface area (Å²) in [5, 5.41) is 7.29. The average Bonchev–Trinajstić information content (AvgIpc) is 3.03. The Hall–Kier alpha value is -1.84. The monoisotopic (exact) mass is 314 g/mol. The Bertz CT molecular complexity index is 691. The molecule has 0 aliphatic rings. The van der Waals surface area contributed by atoms with Gasteiger partial charge in [0.15, 0.2) is 0 Å². The topological polar surface area (TPSA) is 24.9 Å². The van der Waals surface area contributed by atoms with Gasteiger partial charge in [-0.2, -0.15) is 0 Å². The second kappa shape index (κ2) is 6.29. The molecule has 2 aromatic carbocycles. The lowest BCUT2D eigenvalue weighted by Gasteiger charge is -2.16. The van der Waals surface area contributed by atoms with E-state index in [1.165, 1.54) is 5.56 Å². The molecule has 106 valence electrons. The third-order valence-electron chi connectivity index (χ3n) is 3.32. The first kappa shape index (κ1) is 14.1. The lowest BCUT2D eigenvalue weighted by Crippen LogP contribution is -2.06. The van der Waals surface area contributed by atoms with Crippen LogP contribution in [0.15, 0.2) is 60.1 Å². The van der Waals surface area contributed by atoms with Crippen LogP contribution in [0.4, 0.5) is 5.69 Å². The number of nitrogens with zero attached hydrogens (tertiary/aromatic N) is 1. The summed E-state index contributed by atoms with van der Waals surface area (Å²) in [6.45, 7) is 2.14. The maximum Gasteiger partial charge on any atom is 0.123 e. The van der Waals surface area contributed by atoms with E-state index in [0.29, 0.717) is 0 Å². The molecule has 0 aliphatic carbocycles. The Balaban J connectivity index is 1.71. The molecule has 0 amide bonds. The fourth-order valence-electron chi connectivity index (χ4n) is 2.16. The number of hydrogen-bond donors (Lipinski definition) is 1.